The lowest BCUT2D eigenvalue weighted by atomic mass is 10.2. The lowest BCUT2D eigenvalue weighted by Crippen LogP contribution is -2.39. The van der Waals surface area contributed by atoms with Crippen molar-refractivity contribution < 1.29 is 18.7 Å². The molecule has 0 aliphatic heterocycles. The van der Waals surface area contributed by atoms with E-state index in [0.29, 0.717) is 5.56 Å². The molecule has 6 heteroatoms. The molecule has 5 nitrogen and oxygen atoms in total. The van der Waals surface area contributed by atoms with Gasteiger partial charge in [-0.2, -0.15) is 0 Å². The molecule has 0 unspecified atom stereocenters. The minimum atomic E-state index is -0.733. The van der Waals surface area contributed by atoms with Gasteiger partial charge in [0, 0.05) is 13.1 Å². The molecule has 0 fully saturated rings. The van der Waals surface area contributed by atoms with Crippen LogP contribution in [0.1, 0.15) is 11.1 Å². The summed E-state index contributed by atoms with van der Waals surface area (Å²) in [5.74, 6) is -1.08. The molecule has 0 aromatic heterocycles. The van der Waals surface area contributed by atoms with E-state index in [1.165, 1.54) is 12.1 Å². The first-order chi connectivity index (χ1) is 11.1. The Hall–Kier alpha value is -2.89. The van der Waals surface area contributed by atoms with Crippen LogP contribution in [0.25, 0.3) is 0 Å². The van der Waals surface area contributed by atoms with Crippen LogP contribution in [0.15, 0.2) is 48.5 Å². The third kappa shape index (κ3) is 5.10. The molecule has 0 heterocycles. The van der Waals surface area contributed by atoms with E-state index < -0.39 is 11.8 Å². The molecule has 0 radical (unpaired) electrons. The Balaban J connectivity index is 1.77. The lowest BCUT2D eigenvalue weighted by Gasteiger charge is -2.07. The van der Waals surface area contributed by atoms with Crippen LogP contribution in [0, 0.1) is 5.82 Å². The average Bonchev–Trinajstić information content (AvgIpc) is 2.59. The van der Waals surface area contributed by atoms with Crippen LogP contribution >= 0.6 is 0 Å². The van der Waals surface area contributed by atoms with Crippen molar-refractivity contribution in [3.63, 3.8) is 0 Å². The molecular formula is C17H17FN2O3. The van der Waals surface area contributed by atoms with Crippen LogP contribution in [0.2, 0.25) is 0 Å². The standard InChI is InChI=1S/C17H17FN2O3/c1-23-15-8-4-13(5-9-15)11-20-17(22)16(21)19-10-12-2-6-14(18)7-3-12/h2-9H,10-11H2,1H3,(H,19,21)(H,20,22). The number of ether oxygens (including phenoxy) is 1. The van der Waals surface area contributed by atoms with E-state index in [-0.39, 0.29) is 18.9 Å². The summed E-state index contributed by atoms with van der Waals surface area (Å²) in [5.41, 5.74) is 1.56. The van der Waals surface area contributed by atoms with Gasteiger partial charge in [0.05, 0.1) is 7.11 Å². The molecule has 0 saturated heterocycles. The minimum absolute atomic E-state index is 0.162. The molecule has 0 aliphatic rings. The monoisotopic (exact) mass is 316 g/mol. The fraction of sp³-hybridized carbons (Fsp3) is 0.176. The average molecular weight is 316 g/mol. The zero-order valence-electron chi connectivity index (χ0n) is 12.6. The summed E-state index contributed by atoms with van der Waals surface area (Å²) in [5, 5.41) is 5.01. The Labute approximate surface area is 133 Å². The molecule has 2 aromatic rings. The molecule has 120 valence electrons. The fourth-order valence-electron chi connectivity index (χ4n) is 1.87. The summed E-state index contributed by atoms with van der Waals surface area (Å²) in [6.07, 6.45) is 0. The number of methoxy groups -OCH3 is 1. The minimum Gasteiger partial charge on any atom is -0.497 e. The molecule has 0 aliphatic carbocycles. The van der Waals surface area contributed by atoms with Crippen molar-refractivity contribution in [3.8, 4) is 5.75 Å². The summed E-state index contributed by atoms with van der Waals surface area (Å²) >= 11 is 0. The van der Waals surface area contributed by atoms with E-state index in [2.05, 4.69) is 10.6 Å². The Morgan fingerprint density at radius 1 is 0.870 bits per heavy atom. The third-order valence-corrected chi connectivity index (χ3v) is 3.18. The van der Waals surface area contributed by atoms with Crippen LogP contribution in [-0.2, 0) is 22.7 Å². The van der Waals surface area contributed by atoms with Crippen molar-refractivity contribution in [1.29, 1.82) is 0 Å². The van der Waals surface area contributed by atoms with Crippen LogP contribution in [-0.4, -0.2) is 18.9 Å². The number of rotatable bonds is 5. The molecule has 2 rings (SSSR count). The second-order valence-electron chi connectivity index (χ2n) is 4.84. The third-order valence-electron chi connectivity index (χ3n) is 3.18. The van der Waals surface area contributed by atoms with Gasteiger partial charge in [-0.1, -0.05) is 24.3 Å². The molecule has 0 spiro atoms. The highest BCUT2D eigenvalue weighted by atomic mass is 19.1. The Morgan fingerprint density at radius 2 is 1.30 bits per heavy atom. The summed E-state index contributed by atoms with van der Waals surface area (Å²) in [7, 11) is 1.57. The highest BCUT2D eigenvalue weighted by molar-refractivity contribution is 6.35. The molecule has 2 amide bonds. The van der Waals surface area contributed by atoms with E-state index in [9.17, 15) is 14.0 Å². The van der Waals surface area contributed by atoms with E-state index in [1.54, 1.807) is 43.5 Å². The van der Waals surface area contributed by atoms with Crippen molar-refractivity contribution in [3.05, 3.63) is 65.5 Å². The first-order valence-corrected chi connectivity index (χ1v) is 7.02. The first-order valence-electron chi connectivity index (χ1n) is 7.02. The maximum absolute atomic E-state index is 12.8. The predicted octanol–water partition coefficient (Wildman–Crippen LogP) is 1.77. The number of nitrogens with one attached hydrogen (secondary N) is 2. The van der Waals surface area contributed by atoms with Gasteiger partial charge in [0.25, 0.3) is 0 Å². The SMILES string of the molecule is COc1ccc(CNC(=O)C(=O)NCc2ccc(F)cc2)cc1. The quantitative estimate of drug-likeness (QED) is 0.826. The van der Waals surface area contributed by atoms with Crippen molar-refractivity contribution in [2.75, 3.05) is 7.11 Å². The zero-order chi connectivity index (χ0) is 16.7. The van der Waals surface area contributed by atoms with Crippen molar-refractivity contribution >= 4 is 11.8 Å². The predicted molar refractivity (Wildman–Crippen MR) is 83.1 cm³/mol. The fourth-order valence-corrected chi connectivity index (χ4v) is 1.87. The molecule has 23 heavy (non-hydrogen) atoms. The maximum atomic E-state index is 12.8. The van der Waals surface area contributed by atoms with Gasteiger partial charge in [-0.3, -0.25) is 9.59 Å². The highest BCUT2D eigenvalue weighted by Gasteiger charge is 2.12. The Bertz CT molecular complexity index is 669. The summed E-state index contributed by atoms with van der Waals surface area (Å²) in [6.45, 7) is 0.405. The second kappa shape index (κ2) is 7.93. The molecule has 0 saturated carbocycles. The van der Waals surface area contributed by atoms with Gasteiger partial charge in [0.1, 0.15) is 11.6 Å². The highest BCUT2D eigenvalue weighted by Crippen LogP contribution is 2.10. The molecular weight excluding hydrogens is 299 g/mol. The second-order valence-corrected chi connectivity index (χ2v) is 4.84. The topological polar surface area (TPSA) is 67.4 Å². The number of carbonyl (C=O) groups is 2. The van der Waals surface area contributed by atoms with Crippen LogP contribution in [0.5, 0.6) is 5.75 Å². The molecule has 2 N–H and O–H groups in total. The van der Waals surface area contributed by atoms with E-state index >= 15 is 0 Å². The smallest absolute Gasteiger partial charge is 0.309 e. The Kier molecular flexibility index (Phi) is 5.68. The zero-order valence-corrected chi connectivity index (χ0v) is 12.6. The molecule has 0 atom stereocenters. The van der Waals surface area contributed by atoms with Gasteiger partial charge in [-0.15, -0.1) is 0 Å². The molecule has 0 bridgehead atoms. The summed E-state index contributed by atoms with van der Waals surface area (Å²) in [4.78, 5) is 23.4. The van der Waals surface area contributed by atoms with E-state index in [4.69, 9.17) is 4.74 Å². The lowest BCUT2D eigenvalue weighted by molar-refractivity contribution is -0.139. The first kappa shape index (κ1) is 16.5. The number of carbonyl (C=O) groups excluding carboxylic acids is 2. The number of hydrogen-bond donors (Lipinski definition) is 2. The van der Waals surface area contributed by atoms with Crippen LogP contribution < -0.4 is 15.4 Å². The van der Waals surface area contributed by atoms with Gasteiger partial charge >= 0.3 is 11.8 Å². The molecule has 2 aromatic carbocycles. The number of benzene rings is 2. The number of halogens is 1. The number of hydrogen-bond acceptors (Lipinski definition) is 3. The van der Waals surface area contributed by atoms with Crippen molar-refractivity contribution in [2.24, 2.45) is 0 Å². The van der Waals surface area contributed by atoms with Crippen LogP contribution in [0.3, 0.4) is 0 Å². The van der Waals surface area contributed by atoms with Gasteiger partial charge < -0.3 is 15.4 Å². The van der Waals surface area contributed by atoms with Crippen LogP contribution in [0.4, 0.5) is 4.39 Å². The largest absolute Gasteiger partial charge is 0.497 e. The van der Waals surface area contributed by atoms with Crippen molar-refractivity contribution in [1.82, 2.24) is 10.6 Å². The van der Waals surface area contributed by atoms with Gasteiger partial charge in [-0.25, -0.2) is 4.39 Å². The Morgan fingerprint density at radius 3 is 1.74 bits per heavy atom. The van der Waals surface area contributed by atoms with Gasteiger partial charge in [-0.05, 0) is 35.4 Å². The van der Waals surface area contributed by atoms with Crippen molar-refractivity contribution in [2.45, 2.75) is 13.1 Å². The van der Waals surface area contributed by atoms with E-state index in [1.807, 2.05) is 0 Å². The summed E-state index contributed by atoms with van der Waals surface area (Å²) in [6, 6.07) is 12.8. The van der Waals surface area contributed by atoms with Gasteiger partial charge in [0.2, 0.25) is 0 Å². The van der Waals surface area contributed by atoms with E-state index in [0.717, 1.165) is 11.3 Å². The normalized spacial score (nSPS) is 10.0. The van der Waals surface area contributed by atoms with Gasteiger partial charge in [0.15, 0.2) is 0 Å². The maximum Gasteiger partial charge on any atom is 0.309 e. The summed E-state index contributed by atoms with van der Waals surface area (Å²) < 4.78 is 17.8. The number of amides is 2.